The highest BCUT2D eigenvalue weighted by Gasteiger charge is 2.22. The molecule has 1 heterocycles. The Balaban J connectivity index is 2.15. The molecule has 0 aromatic heterocycles. The van der Waals surface area contributed by atoms with Gasteiger partial charge in [-0.05, 0) is 31.4 Å². The lowest BCUT2D eigenvalue weighted by molar-refractivity contribution is 0.131. The number of carbonyl (C=O) groups excluding carboxylic acids is 1. The molecule has 1 aromatic carbocycles. The van der Waals surface area contributed by atoms with Crippen LogP contribution < -0.4 is 5.73 Å². The van der Waals surface area contributed by atoms with Gasteiger partial charge in [0.1, 0.15) is 5.75 Å². The van der Waals surface area contributed by atoms with Crippen LogP contribution in [0.15, 0.2) is 24.5 Å². The summed E-state index contributed by atoms with van der Waals surface area (Å²) in [5.74, 6) is 0.506. The summed E-state index contributed by atoms with van der Waals surface area (Å²) in [5, 5.41) is 9.96. The number of nitrogens with two attached hydrogens (primary N) is 1. The minimum atomic E-state index is -0.396. The van der Waals surface area contributed by atoms with Gasteiger partial charge in [0, 0.05) is 18.7 Å². The number of nitrogens with zero attached hydrogens (tertiary/aromatic N) is 1. The Labute approximate surface area is 112 Å². The first-order valence-electron chi connectivity index (χ1n) is 6.20. The van der Waals surface area contributed by atoms with Crippen LogP contribution in [0.2, 0.25) is 0 Å². The minimum Gasteiger partial charge on any atom is -0.505 e. The summed E-state index contributed by atoms with van der Waals surface area (Å²) in [6.45, 7) is 6.24. The molecule has 0 bridgehead atoms. The number of rotatable bonds is 1. The van der Waals surface area contributed by atoms with E-state index in [0.717, 1.165) is 11.1 Å². The van der Waals surface area contributed by atoms with E-state index in [1.54, 1.807) is 17.9 Å². The molecule has 1 aliphatic heterocycles. The van der Waals surface area contributed by atoms with Gasteiger partial charge < -0.3 is 20.5 Å². The molecular weight excluding hydrogens is 244 g/mol. The molecule has 1 amide bonds. The molecule has 1 aromatic rings. The molecule has 2 rings (SSSR count). The summed E-state index contributed by atoms with van der Waals surface area (Å²) < 4.78 is 5.00. The normalized spacial score (nSPS) is 14.5. The van der Waals surface area contributed by atoms with Gasteiger partial charge >= 0.3 is 6.09 Å². The van der Waals surface area contributed by atoms with Crippen LogP contribution in [0.1, 0.15) is 18.1 Å². The second-order valence-corrected chi connectivity index (χ2v) is 4.70. The van der Waals surface area contributed by atoms with Gasteiger partial charge in [-0.1, -0.05) is 12.6 Å². The zero-order valence-corrected chi connectivity index (χ0v) is 11.0. The van der Waals surface area contributed by atoms with Gasteiger partial charge in [0.05, 0.1) is 11.4 Å². The monoisotopic (exact) mass is 262 g/mol. The Hall–Kier alpha value is -2.17. The van der Waals surface area contributed by atoms with E-state index in [0.29, 0.717) is 37.4 Å². The summed E-state index contributed by atoms with van der Waals surface area (Å²) in [7, 11) is 0. The van der Waals surface area contributed by atoms with E-state index in [1.165, 1.54) is 0 Å². The third-order valence-electron chi connectivity index (χ3n) is 3.21. The van der Waals surface area contributed by atoms with Gasteiger partial charge in [0.25, 0.3) is 0 Å². The number of allylic oxidation sites excluding steroid dienone is 1. The zero-order chi connectivity index (χ0) is 14.0. The Morgan fingerprint density at radius 3 is 2.79 bits per heavy atom. The van der Waals surface area contributed by atoms with Crippen LogP contribution in [0.25, 0.3) is 0 Å². The molecular formula is C14H18N2O3. The largest absolute Gasteiger partial charge is 0.505 e. The molecule has 0 fully saturated rings. The van der Waals surface area contributed by atoms with Crippen LogP contribution in [-0.4, -0.2) is 29.2 Å². The van der Waals surface area contributed by atoms with Crippen molar-refractivity contribution in [1.29, 1.82) is 0 Å². The smallest absolute Gasteiger partial charge is 0.414 e. The van der Waals surface area contributed by atoms with Crippen molar-refractivity contribution in [2.75, 3.05) is 18.8 Å². The van der Waals surface area contributed by atoms with Gasteiger partial charge in [0.15, 0.2) is 0 Å². The van der Waals surface area contributed by atoms with E-state index in [-0.39, 0.29) is 5.75 Å². The fraction of sp³-hybridized carbons (Fsp3) is 0.357. The number of ether oxygens (including phenoxy) is 1. The average molecular weight is 262 g/mol. The van der Waals surface area contributed by atoms with E-state index in [1.807, 2.05) is 6.07 Å². The number of benzene rings is 1. The molecule has 1 aliphatic rings. The summed E-state index contributed by atoms with van der Waals surface area (Å²) >= 11 is 0. The molecule has 0 aliphatic carbocycles. The summed E-state index contributed by atoms with van der Waals surface area (Å²) in [6.07, 6.45) is 0.846. The molecule has 19 heavy (non-hydrogen) atoms. The predicted molar refractivity (Wildman–Crippen MR) is 72.8 cm³/mol. The fourth-order valence-corrected chi connectivity index (χ4v) is 2.22. The number of carbonyl (C=O) groups is 1. The third kappa shape index (κ3) is 2.81. The van der Waals surface area contributed by atoms with E-state index in [9.17, 15) is 9.90 Å². The highest BCUT2D eigenvalue weighted by atomic mass is 16.6. The number of aromatic hydroxyl groups is 1. The molecule has 5 nitrogen and oxygen atoms in total. The molecule has 5 heteroatoms. The second-order valence-electron chi connectivity index (χ2n) is 4.70. The van der Waals surface area contributed by atoms with E-state index in [2.05, 4.69) is 6.58 Å². The summed E-state index contributed by atoms with van der Waals surface area (Å²) in [5.41, 5.74) is 7.91. The average Bonchev–Trinajstić information content (AvgIpc) is 2.56. The molecule has 3 N–H and O–H groups in total. The van der Waals surface area contributed by atoms with Crippen molar-refractivity contribution in [3.63, 3.8) is 0 Å². The number of amides is 1. The first kappa shape index (κ1) is 13.3. The third-order valence-corrected chi connectivity index (χ3v) is 3.21. The zero-order valence-electron chi connectivity index (χ0n) is 11.0. The molecule has 0 spiro atoms. The van der Waals surface area contributed by atoms with Crippen LogP contribution in [0, 0.1) is 0 Å². The molecule has 0 saturated heterocycles. The van der Waals surface area contributed by atoms with Crippen LogP contribution in [0.4, 0.5) is 10.5 Å². The van der Waals surface area contributed by atoms with Crippen LogP contribution in [-0.2, 0) is 17.6 Å². The van der Waals surface area contributed by atoms with Crippen molar-refractivity contribution < 1.29 is 14.6 Å². The first-order chi connectivity index (χ1) is 8.99. The van der Waals surface area contributed by atoms with E-state index < -0.39 is 6.09 Å². The van der Waals surface area contributed by atoms with Crippen molar-refractivity contribution in [1.82, 2.24) is 4.90 Å². The molecule has 0 unspecified atom stereocenters. The maximum atomic E-state index is 11.8. The number of anilines is 1. The lowest BCUT2D eigenvalue weighted by Gasteiger charge is -2.19. The number of hydrogen-bond donors (Lipinski definition) is 2. The molecule has 102 valence electrons. The van der Waals surface area contributed by atoms with Gasteiger partial charge in [-0.15, -0.1) is 0 Å². The van der Waals surface area contributed by atoms with Gasteiger partial charge in [-0.25, -0.2) is 4.79 Å². The Morgan fingerprint density at radius 1 is 1.42 bits per heavy atom. The standard InChI is InChI=1S/C14H18N2O3/c1-9(2)19-14(18)16-7-5-10-3-4-12(15)13(17)11(10)6-8-16/h3-4,17H,1,5-8,15H2,2H3. The SMILES string of the molecule is C=C(C)OC(=O)N1CCc2ccc(N)c(O)c2CC1. The van der Waals surface area contributed by atoms with Gasteiger partial charge in [-0.2, -0.15) is 0 Å². The summed E-state index contributed by atoms with van der Waals surface area (Å²) in [4.78, 5) is 13.4. The van der Waals surface area contributed by atoms with Crippen molar-refractivity contribution >= 4 is 11.8 Å². The quantitative estimate of drug-likeness (QED) is 0.461. The number of phenolic OH excluding ortho intramolecular Hbond substituents is 1. The van der Waals surface area contributed by atoms with Crippen molar-refractivity contribution in [2.24, 2.45) is 0 Å². The van der Waals surface area contributed by atoms with Crippen LogP contribution in [0.3, 0.4) is 0 Å². The lowest BCUT2D eigenvalue weighted by atomic mass is 10.0. The van der Waals surface area contributed by atoms with Crippen LogP contribution >= 0.6 is 0 Å². The second kappa shape index (κ2) is 5.22. The number of fused-ring (bicyclic) bond motifs is 1. The molecule has 0 atom stereocenters. The lowest BCUT2D eigenvalue weighted by Crippen LogP contribution is -2.33. The van der Waals surface area contributed by atoms with Crippen molar-refractivity contribution in [3.8, 4) is 5.75 Å². The number of phenols is 1. The maximum Gasteiger partial charge on any atom is 0.414 e. The summed E-state index contributed by atoms with van der Waals surface area (Å²) in [6, 6.07) is 3.59. The number of hydrogen-bond acceptors (Lipinski definition) is 4. The minimum absolute atomic E-state index is 0.132. The Bertz CT molecular complexity index is 526. The Kier molecular flexibility index (Phi) is 3.64. The first-order valence-corrected chi connectivity index (χ1v) is 6.20. The van der Waals surface area contributed by atoms with Gasteiger partial charge in [-0.3, -0.25) is 0 Å². The van der Waals surface area contributed by atoms with Crippen LogP contribution in [0.5, 0.6) is 5.75 Å². The fourth-order valence-electron chi connectivity index (χ4n) is 2.22. The maximum absolute atomic E-state index is 11.8. The van der Waals surface area contributed by atoms with Gasteiger partial charge in [0.2, 0.25) is 0 Å². The Morgan fingerprint density at radius 2 is 2.11 bits per heavy atom. The van der Waals surface area contributed by atoms with Crippen molar-refractivity contribution in [3.05, 3.63) is 35.6 Å². The predicted octanol–water partition coefficient (Wildman–Crippen LogP) is 2.05. The number of nitrogen functional groups attached to an aromatic ring is 1. The topological polar surface area (TPSA) is 75.8 Å². The van der Waals surface area contributed by atoms with Crippen molar-refractivity contribution in [2.45, 2.75) is 19.8 Å². The van der Waals surface area contributed by atoms with E-state index in [4.69, 9.17) is 10.5 Å². The molecule has 0 radical (unpaired) electrons. The highest BCUT2D eigenvalue weighted by Crippen LogP contribution is 2.30. The molecule has 0 saturated carbocycles. The highest BCUT2D eigenvalue weighted by molar-refractivity contribution is 5.69. The van der Waals surface area contributed by atoms with E-state index >= 15 is 0 Å².